The van der Waals surface area contributed by atoms with E-state index in [2.05, 4.69) is 0 Å². The van der Waals surface area contributed by atoms with E-state index in [9.17, 15) is 4.79 Å². The first kappa shape index (κ1) is 12.5. The van der Waals surface area contributed by atoms with Gasteiger partial charge >= 0.3 is 0 Å². The minimum Gasteiger partial charge on any atom is -0.497 e. The minimum atomic E-state index is -0.0219. The molecule has 0 aliphatic rings. The molecule has 1 aromatic heterocycles. The van der Waals surface area contributed by atoms with Crippen molar-refractivity contribution < 1.29 is 9.53 Å². The second-order valence-corrected chi connectivity index (χ2v) is 4.73. The third kappa shape index (κ3) is 1.97. The number of ether oxygens (including phenoxy) is 1. The Bertz CT molecular complexity index is 787. The van der Waals surface area contributed by atoms with Gasteiger partial charge in [0.1, 0.15) is 5.75 Å². The monoisotopic (exact) mass is 265 g/mol. The minimum absolute atomic E-state index is 0.0219. The van der Waals surface area contributed by atoms with Crippen molar-refractivity contribution in [3.05, 3.63) is 65.9 Å². The van der Waals surface area contributed by atoms with E-state index >= 15 is 0 Å². The number of aromatic nitrogens is 1. The van der Waals surface area contributed by atoms with Crippen LogP contribution in [0.1, 0.15) is 15.9 Å². The van der Waals surface area contributed by atoms with Crippen LogP contribution in [0.2, 0.25) is 0 Å². The van der Waals surface area contributed by atoms with Gasteiger partial charge in [-0.1, -0.05) is 18.2 Å². The first-order valence-corrected chi connectivity index (χ1v) is 6.46. The highest BCUT2D eigenvalue weighted by molar-refractivity contribution is 6.03. The van der Waals surface area contributed by atoms with Gasteiger partial charge in [0.05, 0.1) is 12.6 Å². The summed E-state index contributed by atoms with van der Waals surface area (Å²) in [5, 5.41) is 1.06. The van der Waals surface area contributed by atoms with Gasteiger partial charge in [-0.25, -0.2) is 0 Å². The lowest BCUT2D eigenvalue weighted by atomic mass is 10.1. The molecule has 0 fully saturated rings. The Kier molecular flexibility index (Phi) is 3.03. The van der Waals surface area contributed by atoms with Gasteiger partial charge in [0.15, 0.2) is 0 Å². The Morgan fingerprint density at radius 3 is 2.65 bits per heavy atom. The highest BCUT2D eigenvalue weighted by atomic mass is 16.5. The average Bonchev–Trinajstić information content (AvgIpc) is 2.90. The van der Waals surface area contributed by atoms with Crippen LogP contribution in [0.5, 0.6) is 5.75 Å². The topological polar surface area (TPSA) is 31.2 Å². The van der Waals surface area contributed by atoms with E-state index in [0.29, 0.717) is 5.56 Å². The van der Waals surface area contributed by atoms with E-state index < -0.39 is 0 Å². The number of rotatable bonds is 2. The maximum absolute atomic E-state index is 12.7. The molecule has 0 spiro atoms. The van der Waals surface area contributed by atoms with Gasteiger partial charge in [0, 0.05) is 17.1 Å². The number of methoxy groups -OCH3 is 1. The van der Waals surface area contributed by atoms with Crippen molar-refractivity contribution in [1.82, 2.24) is 4.57 Å². The molecular formula is C17H15NO2. The third-order valence-corrected chi connectivity index (χ3v) is 3.48. The number of fused-ring (bicyclic) bond motifs is 1. The second-order valence-electron chi connectivity index (χ2n) is 4.73. The predicted octanol–water partition coefficient (Wildman–Crippen LogP) is 3.65. The molecular weight excluding hydrogens is 250 g/mol. The number of hydrogen-bond donors (Lipinski definition) is 0. The molecule has 3 rings (SSSR count). The first-order valence-electron chi connectivity index (χ1n) is 6.46. The highest BCUT2D eigenvalue weighted by Gasteiger charge is 2.13. The van der Waals surface area contributed by atoms with Gasteiger partial charge in [-0.05, 0) is 42.8 Å². The van der Waals surface area contributed by atoms with Gasteiger partial charge in [-0.15, -0.1) is 0 Å². The maximum atomic E-state index is 12.7. The van der Waals surface area contributed by atoms with Crippen LogP contribution in [0.25, 0.3) is 10.9 Å². The van der Waals surface area contributed by atoms with Crippen molar-refractivity contribution in [2.45, 2.75) is 6.92 Å². The van der Waals surface area contributed by atoms with Gasteiger partial charge in [0.2, 0.25) is 0 Å². The molecule has 3 nitrogen and oxygen atoms in total. The fraction of sp³-hybridized carbons (Fsp3) is 0.118. The van der Waals surface area contributed by atoms with E-state index in [1.54, 1.807) is 11.7 Å². The molecule has 2 aromatic carbocycles. The summed E-state index contributed by atoms with van der Waals surface area (Å²) in [6, 6.07) is 15.3. The van der Waals surface area contributed by atoms with Crippen LogP contribution in [0.3, 0.4) is 0 Å². The van der Waals surface area contributed by atoms with Crippen molar-refractivity contribution in [2.75, 3.05) is 7.11 Å². The molecule has 0 atom stereocenters. The fourth-order valence-electron chi connectivity index (χ4n) is 2.39. The smallest absolute Gasteiger partial charge is 0.262 e. The summed E-state index contributed by atoms with van der Waals surface area (Å²) in [6.45, 7) is 1.92. The molecule has 0 unspecified atom stereocenters. The molecule has 0 aliphatic carbocycles. The number of hydrogen-bond acceptors (Lipinski definition) is 2. The van der Waals surface area contributed by atoms with Crippen molar-refractivity contribution in [2.24, 2.45) is 0 Å². The quantitative estimate of drug-likeness (QED) is 0.708. The maximum Gasteiger partial charge on any atom is 0.262 e. The van der Waals surface area contributed by atoms with Crippen molar-refractivity contribution >= 4 is 16.8 Å². The number of carbonyl (C=O) groups excluding carboxylic acids is 1. The van der Waals surface area contributed by atoms with Crippen molar-refractivity contribution in [3.8, 4) is 5.75 Å². The molecule has 3 aromatic rings. The standard InChI is InChI=1S/C17H15NO2/c1-12-11-14(20-2)7-8-15(12)17(19)18-10-9-13-5-3-4-6-16(13)18/h3-11H,1-2H3. The zero-order chi connectivity index (χ0) is 14.1. The number of aryl methyl sites for hydroxylation is 1. The Morgan fingerprint density at radius 2 is 1.90 bits per heavy atom. The second kappa shape index (κ2) is 4.85. The van der Waals surface area contributed by atoms with E-state index in [1.165, 1.54) is 0 Å². The molecule has 3 heteroatoms. The Hall–Kier alpha value is -2.55. The van der Waals surface area contributed by atoms with Crippen LogP contribution < -0.4 is 4.74 Å². The number of nitrogens with zero attached hydrogens (tertiary/aromatic N) is 1. The summed E-state index contributed by atoms with van der Waals surface area (Å²) < 4.78 is 6.86. The molecule has 0 N–H and O–H groups in total. The third-order valence-electron chi connectivity index (χ3n) is 3.48. The molecule has 0 bridgehead atoms. The lowest BCUT2D eigenvalue weighted by Gasteiger charge is -2.09. The Balaban J connectivity index is 2.09. The molecule has 0 aliphatic heterocycles. The van der Waals surface area contributed by atoms with Crippen LogP contribution in [0.15, 0.2) is 54.7 Å². The summed E-state index contributed by atoms with van der Waals surface area (Å²) in [7, 11) is 1.62. The molecule has 100 valence electrons. The Labute approximate surface area is 117 Å². The van der Waals surface area contributed by atoms with Crippen molar-refractivity contribution in [1.29, 1.82) is 0 Å². The lowest BCUT2D eigenvalue weighted by Crippen LogP contribution is -2.12. The van der Waals surface area contributed by atoms with Crippen molar-refractivity contribution in [3.63, 3.8) is 0 Å². The summed E-state index contributed by atoms with van der Waals surface area (Å²) in [6.07, 6.45) is 1.82. The van der Waals surface area contributed by atoms with E-state index in [4.69, 9.17) is 4.74 Å². The molecule has 1 heterocycles. The molecule has 0 radical (unpaired) electrons. The Morgan fingerprint density at radius 1 is 1.10 bits per heavy atom. The van der Waals surface area contributed by atoms with Gasteiger partial charge < -0.3 is 4.74 Å². The molecule has 0 saturated carbocycles. The number of carbonyl (C=O) groups is 1. The summed E-state index contributed by atoms with van der Waals surface area (Å²) in [4.78, 5) is 12.7. The average molecular weight is 265 g/mol. The van der Waals surface area contributed by atoms with Crippen LogP contribution in [-0.4, -0.2) is 17.6 Å². The van der Waals surface area contributed by atoms with Gasteiger partial charge in [-0.2, -0.15) is 0 Å². The van der Waals surface area contributed by atoms with E-state index in [1.807, 2.05) is 61.7 Å². The number of benzene rings is 2. The zero-order valence-corrected chi connectivity index (χ0v) is 11.5. The first-order chi connectivity index (χ1) is 9.70. The molecule has 0 amide bonds. The van der Waals surface area contributed by atoms with Crippen LogP contribution in [0.4, 0.5) is 0 Å². The fourth-order valence-corrected chi connectivity index (χ4v) is 2.39. The summed E-state index contributed by atoms with van der Waals surface area (Å²) in [5.74, 6) is 0.739. The molecule has 0 saturated heterocycles. The summed E-state index contributed by atoms with van der Waals surface area (Å²) in [5.41, 5.74) is 2.52. The number of para-hydroxylation sites is 1. The van der Waals surface area contributed by atoms with E-state index in [0.717, 1.165) is 22.2 Å². The predicted molar refractivity (Wildman–Crippen MR) is 79.4 cm³/mol. The normalized spacial score (nSPS) is 10.7. The van der Waals surface area contributed by atoms with E-state index in [-0.39, 0.29) is 5.91 Å². The largest absolute Gasteiger partial charge is 0.497 e. The molecule has 20 heavy (non-hydrogen) atoms. The van der Waals surface area contributed by atoms with Crippen LogP contribution >= 0.6 is 0 Å². The van der Waals surface area contributed by atoms with Gasteiger partial charge in [0.25, 0.3) is 5.91 Å². The SMILES string of the molecule is COc1ccc(C(=O)n2ccc3ccccc32)c(C)c1. The zero-order valence-electron chi connectivity index (χ0n) is 11.5. The summed E-state index contributed by atoms with van der Waals surface area (Å²) >= 11 is 0. The van der Waals surface area contributed by atoms with Crippen LogP contribution in [0, 0.1) is 6.92 Å². The lowest BCUT2D eigenvalue weighted by molar-refractivity contribution is 0.0964. The highest BCUT2D eigenvalue weighted by Crippen LogP contribution is 2.21. The van der Waals surface area contributed by atoms with Crippen LogP contribution in [-0.2, 0) is 0 Å². The van der Waals surface area contributed by atoms with Gasteiger partial charge in [-0.3, -0.25) is 9.36 Å².